The minimum absolute atomic E-state index is 0.0255. The fourth-order valence-electron chi connectivity index (χ4n) is 5.52. The van der Waals surface area contributed by atoms with Gasteiger partial charge >= 0.3 is 5.97 Å². The predicted octanol–water partition coefficient (Wildman–Crippen LogP) is 11.0. The van der Waals surface area contributed by atoms with Crippen LogP contribution in [-0.2, 0) is 27.9 Å². The molecule has 0 aliphatic heterocycles. The third-order valence-electron chi connectivity index (χ3n) is 8.76. The van der Waals surface area contributed by atoms with Gasteiger partial charge in [0.25, 0.3) is 7.82 Å². The Kier molecular flexibility index (Phi) is 34.3. The van der Waals surface area contributed by atoms with Gasteiger partial charge < -0.3 is 27.9 Å². The lowest BCUT2D eigenvalue weighted by atomic mass is 10.1. The van der Waals surface area contributed by atoms with Gasteiger partial charge in [-0.15, -0.1) is 0 Å². The van der Waals surface area contributed by atoms with Crippen LogP contribution in [0.25, 0.3) is 0 Å². The van der Waals surface area contributed by atoms with Crippen LogP contribution < -0.4 is 4.89 Å². The third kappa shape index (κ3) is 38.2. The van der Waals surface area contributed by atoms with Gasteiger partial charge in [0.2, 0.25) is 0 Å². The third-order valence-corrected chi connectivity index (χ3v) is 9.72. The number of unbranched alkanes of at least 4 members (excludes halogenated alkanes) is 20. The van der Waals surface area contributed by atoms with Crippen molar-refractivity contribution in [2.45, 2.75) is 180 Å². The number of esters is 1. The fraction of sp³-hybridized carbons (Fsp3) is 0.878. The van der Waals surface area contributed by atoms with Gasteiger partial charge in [0, 0.05) is 13.0 Å². The average molecular weight is 730 g/mol. The highest BCUT2D eigenvalue weighted by Gasteiger charge is 2.20. The van der Waals surface area contributed by atoms with Crippen molar-refractivity contribution in [1.29, 1.82) is 0 Å². The smallest absolute Gasteiger partial charge is 0.306 e. The Balaban J connectivity index is 4.25. The Morgan fingerprint density at radius 2 is 1.10 bits per heavy atom. The zero-order chi connectivity index (χ0) is 37.0. The summed E-state index contributed by atoms with van der Waals surface area (Å²) in [5, 5.41) is 0. The molecule has 9 heteroatoms. The van der Waals surface area contributed by atoms with Crippen molar-refractivity contribution in [2.75, 3.05) is 54.1 Å². The summed E-state index contributed by atoms with van der Waals surface area (Å²) in [6, 6.07) is 0. The predicted molar refractivity (Wildman–Crippen MR) is 208 cm³/mol. The molecule has 2 unspecified atom stereocenters. The monoisotopic (exact) mass is 730 g/mol. The second-order valence-electron chi connectivity index (χ2n) is 15.0. The SMILES string of the molecule is CCCCCC/C=C\C/C=C\CCCCCCCCOCC(COP(=O)([O-])OCC[N+](C)(C)C)OC(=O)CCCCCCCCCCCCC. The minimum Gasteiger partial charge on any atom is -0.756 e. The average Bonchev–Trinajstić information content (AvgIpc) is 3.06. The van der Waals surface area contributed by atoms with Gasteiger partial charge in [0.05, 0.1) is 34.4 Å². The Labute approximate surface area is 309 Å². The van der Waals surface area contributed by atoms with E-state index in [0.29, 0.717) is 24.1 Å². The molecule has 0 aromatic rings. The van der Waals surface area contributed by atoms with E-state index < -0.39 is 13.9 Å². The maximum Gasteiger partial charge on any atom is 0.306 e. The standard InChI is InChI=1S/C41H80NO7P/c1-6-8-10-12-14-16-18-19-20-21-22-23-25-27-29-31-33-36-46-38-40(39-48-50(44,45)47-37-35-42(3,4)5)49-41(43)34-32-30-28-26-24-17-15-13-11-9-7-2/h16,18,20-21,40H,6-15,17,19,22-39H2,1-5H3/b18-16-,21-20-. The molecule has 0 radical (unpaired) electrons. The van der Waals surface area contributed by atoms with E-state index in [9.17, 15) is 14.3 Å². The van der Waals surface area contributed by atoms with Gasteiger partial charge in [0.15, 0.2) is 0 Å². The van der Waals surface area contributed by atoms with Crippen LogP contribution in [0.4, 0.5) is 0 Å². The number of phosphoric acid groups is 1. The molecule has 0 aromatic carbocycles. The Morgan fingerprint density at radius 3 is 1.64 bits per heavy atom. The van der Waals surface area contributed by atoms with Gasteiger partial charge in [-0.3, -0.25) is 9.36 Å². The summed E-state index contributed by atoms with van der Waals surface area (Å²) < 4.78 is 34.5. The molecule has 8 nitrogen and oxygen atoms in total. The van der Waals surface area contributed by atoms with Gasteiger partial charge in [0.1, 0.15) is 19.3 Å². The molecule has 0 amide bonds. The van der Waals surface area contributed by atoms with Crippen molar-refractivity contribution in [2.24, 2.45) is 0 Å². The van der Waals surface area contributed by atoms with Crippen LogP contribution in [0.15, 0.2) is 24.3 Å². The summed E-state index contributed by atoms with van der Waals surface area (Å²) >= 11 is 0. The van der Waals surface area contributed by atoms with E-state index in [2.05, 4.69) is 38.2 Å². The number of hydrogen-bond donors (Lipinski definition) is 0. The number of carbonyl (C=O) groups is 1. The van der Waals surface area contributed by atoms with Crippen LogP contribution in [0, 0.1) is 0 Å². The molecular formula is C41H80NO7P. The van der Waals surface area contributed by atoms with E-state index >= 15 is 0 Å². The minimum atomic E-state index is -4.52. The first kappa shape index (κ1) is 49.0. The molecule has 50 heavy (non-hydrogen) atoms. The quantitative estimate of drug-likeness (QED) is 0.0205. The molecule has 0 heterocycles. The lowest BCUT2D eigenvalue weighted by molar-refractivity contribution is -0.870. The van der Waals surface area contributed by atoms with Gasteiger partial charge in [-0.1, -0.05) is 147 Å². The second kappa shape index (κ2) is 35.0. The number of carbonyl (C=O) groups excluding carboxylic acids is 1. The number of quaternary nitrogens is 1. The van der Waals surface area contributed by atoms with Crippen molar-refractivity contribution >= 4 is 13.8 Å². The normalized spacial score (nSPS) is 14.1. The molecule has 0 saturated carbocycles. The second-order valence-corrected chi connectivity index (χ2v) is 16.4. The number of likely N-dealkylation sites (N-methyl/N-ethyl adjacent to an activating group) is 1. The lowest BCUT2D eigenvalue weighted by Gasteiger charge is -2.28. The molecule has 0 N–H and O–H groups in total. The van der Waals surface area contributed by atoms with Crippen molar-refractivity contribution in [3.05, 3.63) is 24.3 Å². The van der Waals surface area contributed by atoms with Crippen molar-refractivity contribution in [3.8, 4) is 0 Å². The molecule has 2 atom stereocenters. The van der Waals surface area contributed by atoms with E-state index in [0.717, 1.165) is 51.4 Å². The Bertz CT molecular complexity index is 858. The summed E-state index contributed by atoms with van der Waals surface area (Å²) in [5.41, 5.74) is 0. The first-order valence-corrected chi connectivity index (χ1v) is 22.0. The lowest BCUT2D eigenvalue weighted by Crippen LogP contribution is -2.37. The number of ether oxygens (including phenoxy) is 2. The molecule has 0 bridgehead atoms. The Morgan fingerprint density at radius 1 is 0.620 bits per heavy atom. The number of phosphoric ester groups is 1. The number of hydrogen-bond acceptors (Lipinski definition) is 7. The van der Waals surface area contributed by atoms with Crippen LogP contribution >= 0.6 is 7.82 Å². The molecule has 0 aliphatic carbocycles. The molecule has 0 saturated heterocycles. The van der Waals surface area contributed by atoms with Crippen LogP contribution in [0.3, 0.4) is 0 Å². The number of allylic oxidation sites excluding steroid dienone is 4. The van der Waals surface area contributed by atoms with Gasteiger partial charge in [-0.25, -0.2) is 0 Å². The highest BCUT2D eigenvalue weighted by atomic mass is 31.2. The molecule has 296 valence electrons. The summed E-state index contributed by atoms with van der Waals surface area (Å²) in [7, 11) is 1.35. The highest BCUT2D eigenvalue weighted by molar-refractivity contribution is 7.45. The summed E-state index contributed by atoms with van der Waals surface area (Å²) in [6.07, 6.45) is 37.5. The van der Waals surface area contributed by atoms with Crippen LogP contribution in [0.5, 0.6) is 0 Å². The van der Waals surface area contributed by atoms with Crippen molar-refractivity contribution in [3.63, 3.8) is 0 Å². The van der Waals surface area contributed by atoms with Crippen molar-refractivity contribution < 1.29 is 37.3 Å². The zero-order valence-corrected chi connectivity index (χ0v) is 34.2. The van der Waals surface area contributed by atoms with Gasteiger partial charge in [-0.05, 0) is 44.9 Å². The van der Waals surface area contributed by atoms with Crippen LogP contribution in [0.2, 0.25) is 0 Å². The topological polar surface area (TPSA) is 94.1 Å². The summed E-state index contributed by atoms with van der Waals surface area (Å²) in [6.45, 7) is 5.37. The van der Waals surface area contributed by atoms with E-state index in [1.54, 1.807) is 0 Å². The summed E-state index contributed by atoms with van der Waals surface area (Å²) in [5.74, 6) is -0.339. The molecular weight excluding hydrogens is 649 g/mol. The van der Waals surface area contributed by atoms with Crippen molar-refractivity contribution in [1.82, 2.24) is 0 Å². The highest BCUT2D eigenvalue weighted by Crippen LogP contribution is 2.38. The maximum absolute atomic E-state index is 12.6. The molecule has 0 spiro atoms. The first-order chi connectivity index (χ1) is 24.1. The van der Waals surface area contributed by atoms with E-state index in [4.69, 9.17) is 18.5 Å². The van der Waals surface area contributed by atoms with E-state index in [-0.39, 0.29) is 25.8 Å². The molecule has 0 aromatic heterocycles. The Hall–Kier alpha value is -1.02. The van der Waals surface area contributed by atoms with Crippen LogP contribution in [-0.4, -0.2) is 70.7 Å². The van der Waals surface area contributed by atoms with Crippen LogP contribution in [0.1, 0.15) is 174 Å². The zero-order valence-electron chi connectivity index (χ0n) is 33.4. The van der Waals surface area contributed by atoms with E-state index in [1.807, 2.05) is 21.1 Å². The largest absolute Gasteiger partial charge is 0.756 e. The maximum atomic E-state index is 12.6. The van der Waals surface area contributed by atoms with E-state index in [1.165, 1.54) is 103 Å². The van der Waals surface area contributed by atoms with Gasteiger partial charge in [-0.2, -0.15) is 0 Å². The number of nitrogens with zero attached hydrogens (tertiary/aromatic N) is 1. The molecule has 0 fully saturated rings. The number of rotatable bonds is 38. The molecule has 0 rings (SSSR count). The first-order valence-electron chi connectivity index (χ1n) is 20.6. The fourth-order valence-corrected chi connectivity index (χ4v) is 6.25. The summed E-state index contributed by atoms with van der Waals surface area (Å²) in [4.78, 5) is 24.9. The molecule has 0 aliphatic rings.